The number of nitrogens with zero attached hydrogens (tertiary/aromatic N) is 4. The van der Waals surface area contributed by atoms with Gasteiger partial charge in [-0.1, -0.05) is 12.8 Å². The molecule has 1 aliphatic carbocycles. The monoisotopic (exact) mass is 436 g/mol. The molecular formula is C20H32N6O3S. The molecule has 0 spiro atoms. The summed E-state index contributed by atoms with van der Waals surface area (Å²) in [6.45, 7) is 1.93. The van der Waals surface area contributed by atoms with Crippen molar-refractivity contribution in [3.8, 4) is 0 Å². The van der Waals surface area contributed by atoms with Crippen molar-refractivity contribution >= 4 is 28.1 Å². The Morgan fingerprint density at radius 3 is 2.60 bits per heavy atom. The highest BCUT2D eigenvalue weighted by Crippen LogP contribution is 2.35. The first kappa shape index (κ1) is 21.5. The van der Waals surface area contributed by atoms with Gasteiger partial charge in [0.1, 0.15) is 5.82 Å². The van der Waals surface area contributed by atoms with Crippen LogP contribution in [0.5, 0.6) is 0 Å². The van der Waals surface area contributed by atoms with Crippen LogP contribution in [-0.4, -0.2) is 73.2 Å². The van der Waals surface area contributed by atoms with E-state index in [-0.39, 0.29) is 12.6 Å². The average Bonchev–Trinajstić information content (AvgIpc) is 3.29. The lowest BCUT2D eigenvalue weighted by Gasteiger charge is -2.35. The van der Waals surface area contributed by atoms with Crippen LogP contribution in [0, 0.1) is 0 Å². The summed E-state index contributed by atoms with van der Waals surface area (Å²) in [5, 5.41) is 12.8. The molecule has 1 saturated heterocycles. The van der Waals surface area contributed by atoms with E-state index in [9.17, 15) is 13.5 Å². The Kier molecular flexibility index (Phi) is 6.57. The maximum Gasteiger partial charge on any atom is 0.279 e. The van der Waals surface area contributed by atoms with Crippen LogP contribution < -0.4 is 14.9 Å². The van der Waals surface area contributed by atoms with Crippen LogP contribution in [0.25, 0.3) is 6.08 Å². The molecular weight excluding hydrogens is 404 g/mol. The van der Waals surface area contributed by atoms with Crippen molar-refractivity contribution < 1.29 is 13.5 Å². The van der Waals surface area contributed by atoms with Crippen LogP contribution in [-0.2, 0) is 10.2 Å². The van der Waals surface area contributed by atoms with E-state index in [1.807, 2.05) is 6.20 Å². The minimum atomic E-state index is -3.36. The van der Waals surface area contributed by atoms with Crippen LogP contribution in [0.3, 0.4) is 0 Å². The number of nitrogens with one attached hydrogen (secondary N) is 2. The van der Waals surface area contributed by atoms with Gasteiger partial charge in [-0.05, 0) is 43.8 Å². The summed E-state index contributed by atoms with van der Waals surface area (Å²) in [6.07, 6.45) is 10.9. The molecule has 0 amide bonds. The Bertz CT molecular complexity index is 877. The molecule has 166 valence electrons. The summed E-state index contributed by atoms with van der Waals surface area (Å²) in [5.41, 5.74) is 2.23. The third-order valence-electron chi connectivity index (χ3n) is 6.38. The predicted molar refractivity (Wildman–Crippen MR) is 118 cm³/mol. The number of aliphatic hydroxyl groups excluding tert-OH is 1. The van der Waals surface area contributed by atoms with Gasteiger partial charge in [-0.15, -0.1) is 0 Å². The number of hydrogen-bond donors (Lipinski definition) is 3. The van der Waals surface area contributed by atoms with Gasteiger partial charge in [0, 0.05) is 57.1 Å². The van der Waals surface area contributed by atoms with E-state index in [0.29, 0.717) is 44.3 Å². The molecule has 3 aliphatic rings. The van der Waals surface area contributed by atoms with Gasteiger partial charge in [0.15, 0.2) is 0 Å². The van der Waals surface area contributed by atoms with E-state index >= 15 is 0 Å². The third-order valence-corrected chi connectivity index (χ3v) is 7.95. The highest BCUT2D eigenvalue weighted by molar-refractivity contribution is 7.87. The first-order valence-electron chi connectivity index (χ1n) is 10.9. The van der Waals surface area contributed by atoms with Crippen molar-refractivity contribution in [2.24, 2.45) is 0 Å². The molecule has 2 fully saturated rings. The topological polar surface area (TPSA) is 111 Å². The molecule has 0 unspecified atom stereocenters. The first-order chi connectivity index (χ1) is 14.5. The fourth-order valence-corrected chi connectivity index (χ4v) is 5.66. The Morgan fingerprint density at radius 1 is 1.20 bits per heavy atom. The molecule has 1 aromatic heterocycles. The Balaban J connectivity index is 1.48. The van der Waals surface area contributed by atoms with E-state index in [1.54, 1.807) is 0 Å². The largest absolute Gasteiger partial charge is 0.396 e. The summed E-state index contributed by atoms with van der Waals surface area (Å²) in [4.78, 5) is 11.8. The third kappa shape index (κ3) is 4.61. The van der Waals surface area contributed by atoms with E-state index in [2.05, 4.69) is 26.0 Å². The van der Waals surface area contributed by atoms with Crippen molar-refractivity contribution in [1.29, 1.82) is 0 Å². The van der Waals surface area contributed by atoms with E-state index in [1.165, 1.54) is 42.6 Å². The number of anilines is 2. The van der Waals surface area contributed by atoms with Gasteiger partial charge >= 0.3 is 0 Å². The SMILES string of the molecule is CNS(=O)(=O)N1CCC(Nc2ncc3c(n2)N(C2CCCC2)CC(CCO)=C3)CC1. The first-order valence-corrected chi connectivity index (χ1v) is 12.3. The zero-order valence-corrected chi connectivity index (χ0v) is 18.4. The Morgan fingerprint density at radius 2 is 1.93 bits per heavy atom. The number of fused-ring (bicyclic) bond motifs is 1. The zero-order valence-electron chi connectivity index (χ0n) is 17.5. The summed E-state index contributed by atoms with van der Waals surface area (Å²) in [5.74, 6) is 1.57. The van der Waals surface area contributed by atoms with Gasteiger partial charge in [0.05, 0.1) is 0 Å². The molecule has 10 heteroatoms. The second-order valence-electron chi connectivity index (χ2n) is 8.34. The van der Waals surface area contributed by atoms with Crippen molar-refractivity contribution in [1.82, 2.24) is 19.0 Å². The van der Waals surface area contributed by atoms with Crippen LogP contribution >= 0.6 is 0 Å². The standard InChI is InChI=1S/C20H32N6O3S/c1-21-30(28,29)25-9-6-17(7-10-25)23-20-22-13-16-12-15(8-11-27)14-26(19(16)24-20)18-4-2-3-5-18/h12-13,17-18,21,27H,2-11,14H2,1H3,(H,22,23,24). The van der Waals surface area contributed by atoms with Gasteiger partial charge in [-0.3, -0.25) is 0 Å². The van der Waals surface area contributed by atoms with E-state index < -0.39 is 10.2 Å². The summed E-state index contributed by atoms with van der Waals surface area (Å²) in [7, 11) is -1.92. The minimum Gasteiger partial charge on any atom is -0.396 e. The highest BCUT2D eigenvalue weighted by Gasteiger charge is 2.30. The van der Waals surface area contributed by atoms with Crippen molar-refractivity contribution in [2.75, 3.05) is 43.5 Å². The van der Waals surface area contributed by atoms with Gasteiger partial charge in [-0.2, -0.15) is 17.7 Å². The molecule has 3 heterocycles. The second kappa shape index (κ2) is 9.17. The number of hydrogen-bond acceptors (Lipinski definition) is 7. The average molecular weight is 437 g/mol. The molecule has 2 aliphatic heterocycles. The fourth-order valence-electron chi connectivity index (χ4n) is 4.71. The van der Waals surface area contributed by atoms with Gasteiger partial charge in [0.2, 0.25) is 5.95 Å². The Labute approximate surface area is 178 Å². The summed E-state index contributed by atoms with van der Waals surface area (Å²) >= 11 is 0. The normalized spacial score (nSPS) is 21.5. The summed E-state index contributed by atoms with van der Waals surface area (Å²) in [6, 6.07) is 0.638. The molecule has 1 saturated carbocycles. The number of aliphatic hydroxyl groups is 1. The van der Waals surface area contributed by atoms with Crippen LogP contribution in [0.15, 0.2) is 11.8 Å². The predicted octanol–water partition coefficient (Wildman–Crippen LogP) is 1.35. The molecule has 4 rings (SSSR count). The van der Waals surface area contributed by atoms with Crippen molar-refractivity contribution in [3.05, 3.63) is 17.3 Å². The number of aromatic nitrogens is 2. The second-order valence-corrected chi connectivity index (χ2v) is 10.2. The molecule has 0 bridgehead atoms. The maximum absolute atomic E-state index is 12.0. The van der Waals surface area contributed by atoms with E-state index in [0.717, 1.165) is 17.9 Å². The quantitative estimate of drug-likeness (QED) is 0.592. The summed E-state index contributed by atoms with van der Waals surface area (Å²) < 4.78 is 27.8. The lowest BCUT2D eigenvalue weighted by molar-refractivity contribution is 0.298. The molecule has 0 radical (unpaired) electrons. The Hall–Kier alpha value is -1.75. The zero-order chi connectivity index (χ0) is 21.1. The van der Waals surface area contributed by atoms with E-state index in [4.69, 9.17) is 4.98 Å². The van der Waals surface area contributed by atoms with Crippen LogP contribution in [0.1, 0.15) is 50.5 Å². The fraction of sp³-hybridized carbons (Fsp3) is 0.700. The van der Waals surface area contributed by atoms with Crippen molar-refractivity contribution in [2.45, 2.75) is 57.0 Å². The lowest BCUT2D eigenvalue weighted by atomic mass is 10.0. The molecule has 0 aromatic carbocycles. The lowest BCUT2D eigenvalue weighted by Crippen LogP contribution is -2.46. The molecule has 1 aromatic rings. The molecule has 30 heavy (non-hydrogen) atoms. The maximum atomic E-state index is 12.0. The molecule has 3 N–H and O–H groups in total. The molecule has 0 atom stereocenters. The van der Waals surface area contributed by atoms with Crippen LogP contribution in [0.4, 0.5) is 11.8 Å². The number of rotatable bonds is 7. The smallest absolute Gasteiger partial charge is 0.279 e. The highest BCUT2D eigenvalue weighted by atomic mass is 32.2. The van der Waals surface area contributed by atoms with Gasteiger partial charge in [0.25, 0.3) is 10.2 Å². The number of piperidine rings is 1. The minimum absolute atomic E-state index is 0.148. The van der Waals surface area contributed by atoms with Crippen molar-refractivity contribution in [3.63, 3.8) is 0 Å². The molecule has 9 nitrogen and oxygen atoms in total. The van der Waals surface area contributed by atoms with Gasteiger partial charge < -0.3 is 15.3 Å². The van der Waals surface area contributed by atoms with Gasteiger partial charge in [-0.25, -0.2) is 9.71 Å². The van der Waals surface area contributed by atoms with Crippen LogP contribution in [0.2, 0.25) is 0 Å².